The predicted molar refractivity (Wildman–Crippen MR) is 122 cm³/mol. The molecule has 0 spiro atoms. The molecule has 0 saturated heterocycles. The Morgan fingerprint density at radius 1 is 1.22 bits per heavy atom. The first kappa shape index (κ1) is 27.0. The molecule has 3 rings (SSSR count). The molecule has 13 heteroatoms. The zero-order valence-corrected chi connectivity index (χ0v) is 19.9. The lowest BCUT2D eigenvalue weighted by Gasteiger charge is -2.22. The summed E-state index contributed by atoms with van der Waals surface area (Å²) in [7, 11) is 1.17. The average molecular weight is 526 g/mol. The van der Waals surface area contributed by atoms with Gasteiger partial charge in [-0.25, -0.2) is 9.37 Å². The number of amides is 1. The zero-order chi connectivity index (χ0) is 26.5. The van der Waals surface area contributed by atoms with E-state index in [1.807, 2.05) is 0 Å². The Morgan fingerprint density at radius 2 is 1.97 bits per heavy atom. The van der Waals surface area contributed by atoms with Crippen molar-refractivity contribution in [3.05, 3.63) is 83.1 Å². The summed E-state index contributed by atoms with van der Waals surface area (Å²) >= 11 is -2.67. The van der Waals surface area contributed by atoms with Crippen LogP contribution in [0.3, 0.4) is 0 Å². The Hall–Kier alpha value is -3.58. The summed E-state index contributed by atoms with van der Waals surface area (Å²) in [5.74, 6) is -2.54. The molecule has 0 aliphatic heterocycles. The molecule has 0 radical (unpaired) electrons. The van der Waals surface area contributed by atoms with Gasteiger partial charge in [-0.1, -0.05) is 12.1 Å². The van der Waals surface area contributed by atoms with Gasteiger partial charge in [0.05, 0.1) is 17.3 Å². The van der Waals surface area contributed by atoms with E-state index in [0.29, 0.717) is 10.00 Å². The van der Waals surface area contributed by atoms with Crippen LogP contribution < -0.4 is 14.4 Å². The topological polar surface area (TPSA) is 107 Å². The van der Waals surface area contributed by atoms with Crippen LogP contribution in [-0.4, -0.2) is 31.7 Å². The lowest BCUT2D eigenvalue weighted by atomic mass is 9.99. The molecule has 0 bridgehead atoms. The van der Waals surface area contributed by atoms with Gasteiger partial charge in [-0.05, 0) is 48.9 Å². The number of nitrogens with zero attached hydrogens (tertiary/aromatic N) is 3. The molecule has 0 fully saturated rings. The minimum absolute atomic E-state index is 0.138. The van der Waals surface area contributed by atoms with Gasteiger partial charge in [0.2, 0.25) is 11.8 Å². The van der Waals surface area contributed by atoms with Crippen molar-refractivity contribution in [1.29, 1.82) is 0 Å². The van der Waals surface area contributed by atoms with Gasteiger partial charge in [0.25, 0.3) is 0 Å². The molecule has 3 aromatic rings. The Labute approximate surface area is 206 Å². The number of halogens is 4. The molecule has 1 aromatic carbocycles. The van der Waals surface area contributed by atoms with Crippen molar-refractivity contribution in [2.24, 2.45) is 0 Å². The first-order valence-electron chi connectivity index (χ1n) is 10.5. The molecule has 2 unspecified atom stereocenters. The largest absolute Gasteiger partial charge is 0.755 e. The van der Waals surface area contributed by atoms with E-state index in [-0.39, 0.29) is 35.8 Å². The van der Waals surface area contributed by atoms with Gasteiger partial charge in [-0.2, -0.15) is 13.2 Å². The molecule has 1 N–H and O–H groups in total. The van der Waals surface area contributed by atoms with E-state index in [1.165, 1.54) is 32.3 Å². The number of nitrogens with one attached hydrogen (secondary N) is 1. The van der Waals surface area contributed by atoms with Crippen LogP contribution in [0, 0.1) is 5.82 Å². The van der Waals surface area contributed by atoms with E-state index < -0.39 is 40.8 Å². The third kappa shape index (κ3) is 6.76. The molecule has 36 heavy (non-hydrogen) atoms. The molecule has 8 nitrogen and oxygen atoms in total. The van der Waals surface area contributed by atoms with Crippen molar-refractivity contribution in [1.82, 2.24) is 15.3 Å². The second-order valence-corrected chi connectivity index (χ2v) is 8.62. The number of ether oxygens (including phenoxy) is 1. The smallest absolute Gasteiger partial charge is 0.433 e. The number of hydrogen-bond acceptors (Lipinski definition) is 6. The van der Waals surface area contributed by atoms with Crippen molar-refractivity contribution < 1.29 is 35.9 Å². The fourth-order valence-corrected chi connectivity index (χ4v) is 3.44. The summed E-state index contributed by atoms with van der Waals surface area (Å²) in [6.07, 6.45) is -3.18. The van der Waals surface area contributed by atoms with Crippen LogP contribution in [0.5, 0.6) is 5.88 Å². The number of pyridine rings is 2. The summed E-state index contributed by atoms with van der Waals surface area (Å²) < 4.78 is 82.1. The van der Waals surface area contributed by atoms with Gasteiger partial charge in [0.15, 0.2) is 0 Å². The average Bonchev–Trinajstić information content (AvgIpc) is 2.85. The molecule has 0 aliphatic rings. The molecule has 192 valence electrons. The number of carbonyl (C=O) groups excluding carboxylic acids is 1. The highest BCUT2D eigenvalue weighted by molar-refractivity contribution is 7.80. The number of rotatable bonds is 9. The molecule has 2 heterocycles. The lowest BCUT2D eigenvalue weighted by Crippen LogP contribution is -2.28. The van der Waals surface area contributed by atoms with Crippen LogP contribution in [0.1, 0.15) is 35.4 Å². The van der Waals surface area contributed by atoms with Gasteiger partial charge in [0.1, 0.15) is 18.1 Å². The molecular formula is C23H21F4N4O4S-. The second-order valence-electron chi connectivity index (χ2n) is 7.63. The van der Waals surface area contributed by atoms with Crippen molar-refractivity contribution in [2.75, 3.05) is 11.4 Å². The second kappa shape index (κ2) is 11.4. The van der Waals surface area contributed by atoms with E-state index in [4.69, 9.17) is 4.74 Å². The molecule has 0 aliphatic carbocycles. The van der Waals surface area contributed by atoms with Crippen molar-refractivity contribution in [3.63, 3.8) is 0 Å². The standard InChI is InChI=1S/C23H22F4N4O4S/c1-14(15-6-8-19(18(24)11-15)31(2)36(33)34)21(32)29-12-16-7-9-20(23(25,26)27)30-22(16)35-13-17-5-3-4-10-28-17/h3-11,14H,12-13H2,1-2H3,(H,29,32)(H,33,34)/p-1. The summed E-state index contributed by atoms with van der Waals surface area (Å²) in [4.78, 5) is 20.3. The fraction of sp³-hybridized carbons (Fsp3) is 0.261. The van der Waals surface area contributed by atoms with Crippen molar-refractivity contribution in [3.8, 4) is 5.88 Å². The normalized spacial score (nSPS) is 13.1. The lowest BCUT2D eigenvalue weighted by molar-refractivity contribution is -0.141. The number of benzene rings is 1. The van der Waals surface area contributed by atoms with E-state index in [0.717, 1.165) is 18.2 Å². The van der Waals surface area contributed by atoms with Gasteiger partial charge in [0, 0.05) is 36.6 Å². The monoisotopic (exact) mass is 525 g/mol. The van der Waals surface area contributed by atoms with Crippen LogP contribution in [0.15, 0.2) is 54.7 Å². The quantitative estimate of drug-likeness (QED) is 0.336. The number of aromatic nitrogens is 2. The van der Waals surface area contributed by atoms with E-state index >= 15 is 0 Å². The van der Waals surface area contributed by atoms with Crippen LogP contribution in [-0.2, 0) is 35.4 Å². The SMILES string of the molecule is CC(C(=O)NCc1ccc(C(F)(F)F)nc1OCc1ccccn1)c1ccc(N(C)S(=O)[O-])c(F)c1. The summed E-state index contributed by atoms with van der Waals surface area (Å²) in [6, 6.07) is 10.6. The minimum atomic E-state index is -4.69. The van der Waals surface area contributed by atoms with Gasteiger partial charge in [-0.15, -0.1) is 0 Å². The maximum atomic E-state index is 14.4. The fourth-order valence-electron chi connectivity index (χ4n) is 3.13. The van der Waals surface area contributed by atoms with Gasteiger partial charge >= 0.3 is 6.18 Å². The number of carbonyl (C=O) groups is 1. The third-order valence-corrected chi connectivity index (χ3v) is 5.84. The maximum Gasteiger partial charge on any atom is 0.433 e. The molecule has 1 amide bonds. The van der Waals surface area contributed by atoms with Gasteiger partial charge < -0.3 is 18.9 Å². The third-order valence-electron chi connectivity index (χ3n) is 5.19. The Kier molecular flexibility index (Phi) is 8.58. The minimum Gasteiger partial charge on any atom is -0.755 e. The van der Waals surface area contributed by atoms with Crippen LogP contribution in [0.2, 0.25) is 0 Å². The highest BCUT2D eigenvalue weighted by Gasteiger charge is 2.33. The highest BCUT2D eigenvalue weighted by atomic mass is 32.2. The summed E-state index contributed by atoms with van der Waals surface area (Å²) in [5.41, 5.74) is -0.402. The Balaban J connectivity index is 1.74. The van der Waals surface area contributed by atoms with E-state index in [9.17, 15) is 31.1 Å². The molecule has 2 atom stereocenters. The summed E-state index contributed by atoms with van der Waals surface area (Å²) in [5, 5.41) is 2.58. The maximum absolute atomic E-state index is 14.4. The number of anilines is 1. The van der Waals surface area contributed by atoms with E-state index in [2.05, 4.69) is 15.3 Å². The molecule has 2 aromatic heterocycles. The first-order valence-corrected chi connectivity index (χ1v) is 11.5. The van der Waals surface area contributed by atoms with E-state index in [1.54, 1.807) is 18.2 Å². The molecular weight excluding hydrogens is 504 g/mol. The first-order chi connectivity index (χ1) is 17.0. The number of alkyl halides is 3. The van der Waals surface area contributed by atoms with Crippen LogP contribution >= 0.6 is 0 Å². The summed E-state index contributed by atoms with van der Waals surface area (Å²) in [6.45, 7) is 1.16. The highest BCUT2D eigenvalue weighted by Crippen LogP contribution is 2.31. The number of hydrogen-bond donors (Lipinski definition) is 1. The Bertz CT molecular complexity index is 1240. The predicted octanol–water partition coefficient (Wildman–Crippen LogP) is 3.86. The zero-order valence-electron chi connectivity index (χ0n) is 19.1. The van der Waals surface area contributed by atoms with Crippen molar-refractivity contribution >= 4 is 22.9 Å². The molecule has 0 saturated carbocycles. The van der Waals surface area contributed by atoms with Crippen molar-refractivity contribution in [2.45, 2.75) is 32.2 Å². The Morgan fingerprint density at radius 3 is 2.58 bits per heavy atom. The van der Waals surface area contributed by atoms with Crippen LogP contribution in [0.4, 0.5) is 23.2 Å². The van der Waals surface area contributed by atoms with Gasteiger partial charge in [-0.3, -0.25) is 14.0 Å². The van der Waals surface area contributed by atoms with Crippen LogP contribution in [0.25, 0.3) is 0 Å².